The van der Waals surface area contributed by atoms with Crippen molar-refractivity contribution in [3.63, 3.8) is 0 Å². The van der Waals surface area contributed by atoms with Gasteiger partial charge in [-0.25, -0.2) is 9.13 Å². The summed E-state index contributed by atoms with van der Waals surface area (Å²) in [5.41, 5.74) is 2.19. The number of hydrogen-bond donors (Lipinski definition) is 0. The molecule has 0 atom stereocenters. The second-order valence-electron chi connectivity index (χ2n) is 8.06. The van der Waals surface area contributed by atoms with E-state index >= 15 is 0 Å². The van der Waals surface area contributed by atoms with E-state index < -0.39 is 0 Å². The van der Waals surface area contributed by atoms with E-state index in [9.17, 15) is 0 Å². The number of hydrogen-bond acceptors (Lipinski definition) is 0. The minimum atomic E-state index is 0.248. The minimum absolute atomic E-state index is 0.248. The maximum absolute atomic E-state index is 2.47. The van der Waals surface area contributed by atoms with E-state index in [2.05, 4.69) is 34.8 Å². The van der Waals surface area contributed by atoms with Crippen LogP contribution in [0.1, 0.15) is 84.0 Å². The molecule has 24 heavy (non-hydrogen) atoms. The Morgan fingerprint density at radius 3 is 2.17 bits per heavy atom. The molecule has 2 nitrogen and oxygen atoms in total. The summed E-state index contributed by atoms with van der Waals surface area (Å²) in [7, 11) is 0.248. The van der Waals surface area contributed by atoms with Crippen LogP contribution in [-0.4, -0.2) is 22.0 Å². The average Bonchev–Trinajstić information content (AvgIpc) is 3.10. The number of unbranched alkanes of at least 4 members (excludes halogenated alkanes) is 1. The molecule has 2 aliphatic rings. The van der Waals surface area contributed by atoms with E-state index in [1.54, 1.807) is 25.7 Å². The van der Waals surface area contributed by atoms with E-state index in [0.717, 1.165) is 11.3 Å². The fourth-order valence-corrected chi connectivity index (χ4v) is 8.61. The van der Waals surface area contributed by atoms with Crippen molar-refractivity contribution in [2.24, 2.45) is 0 Å². The summed E-state index contributed by atoms with van der Waals surface area (Å²) in [6.45, 7) is 4.72. The van der Waals surface area contributed by atoms with Gasteiger partial charge in [-0.1, -0.05) is 59.8 Å². The Labute approximate surface area is 150 Å². The Kier molecular flexibility index (Phi) is 7.64. The Morgan fingerprint density at radius 1 is 0.958 bits per heavy atom. The zero-order chi connectivity index (χ0) is 16.6. The highest BCUT2D eigenvalue weighted by Gasteiger charge is 2.31. The zero-order valence-electron chi connectivity index (χ0n) is 15.8. The van der Waals surface area contributed by atoms with Crippen molar-refractivity contribution in [3.8, 4) is 0 Å². The topological polar surface area (TPSA) is 8.81 Å². The smallest absolute Gasteiger partial charge is 0.237 e. The highest BCUT2D eigenvalue weighted by Crippen LogP contribution is 2.55. The molecule has 0 spiro atoms. The molecule has 0 bridgehead atoms. The highest BCUT2D eigenvalue weighted by atomic mass is 31.1. The van der Waals surface area contributed by atoms with Gasteiger partial charge in [0.25, 0.3) is 0 Å². The molecule has 1 aromatic rings. The van der Waals surface area contributed by atoms with Gasteiger partial charge in [-0.2, -0.15) is 0 Å². The van der Waals surface area contributed by atoms with Gasteiger partial charge in [-0.15, -0.1) is 0 Å². The lowest BCUT2D eigenvalue weighted by atomic mass is 9.99. The number of aromatic nitrogens is 2. The minimum Gasteiger partial charge on any atom is -0.237 e. The van der Waals surface area contributed by atoms with Gasteiger partial charge in [0.1, 0.15) is 12.4 Å². The molecule has 0 radical (unpaired) electrons. The van der Waals surface area contributed by atoms with Gasteiger partial charge in [0.15, 0.2) is 0 Å². The third kappa shape index (κ3) is 5.32. The number of aryl methyl sites for hydroxylation is 2. The predicted molar refractivity (Wildman–Crippen MR) is 105 cm³/mol. The molecular formula is C21H38N2P+. The summed E-state index contributed by atoms with van der Waals surface area (Å²) in [5, 5.41) is 0. The molecule has 3 heteroatoms. The van der Waals surface area contributed by atoms with Gasteiger partial charge in [-0.3, -0.25) is 0 Å². The summed E-state index contributed by atoms with van der Waals surface area (Å²) in [6, 6.07) is 0. The third-order valence-corrected chi connectivity index (χ3v) is 9.85. The molecule has 0 N–H and O–H groups in total. The van der Waals surface area contributed by atoms with Gasteiger partial charge < -0.3 is 0 Å². The SMILES string of the molecule is CCCC[n+]1ccn(CCP(C2CCCCC2)C2CCCCC2)c1. The van der Waals surface area contributed by atoms with Gasteiger partial charge >= 0.3 is 0 Å². The van der Waals surface area contributed by atoms with Gasteiger partial charge in [0.2, 0.25) is 6.33 Å². The first kappa shape index (κ1) is 18.4. The van der Waals surface area contributed by atoms with Crippen LogP contribution in [-0.2, 0) is 13.1 Å². The van der Waals surface area contributed by atoms with Gasteiger partial charge in [0, 0.05) is 6.16 Å². The molecule has 136 valence electrons. The monoisotopic (exact) mass is 349 g/mol. The van der Waals surface area contributed by atoms with Gasteiger partial charge in [0.05, 0.1) is 13.1 Å². The first-order chi connectivity index (χ1) is 11.9. The fraction of sp³-hybridized carbons (Fsp3) is 0.857. The van der Waals surface area contributed by atoms with Crippen LogP contribution < -0.4 is 4.57 Å². The highest BCUT2D eigenvalue weighted by molar-refractivity contribution is 7.59. The second-order valence-corrected chi connectivity index (χ2v) is 11.0. The summed E-state index contributed by atoms with van der Waals surface area (Å²) < 4.78 is 4.85. The van der Waals surface area contributed by atoms with E-state index in [4.69, 9.17) is 0 Å². The van der Waals surface area contributed by atoms with Crippen molar-refractivity contribution >= 4 is 7.92 Å². The first-order valence-corrected chi connectivity index (χ1v) is 12.3. The van der Waals surface area contributed by atoms with Crippen molar-refractivity contribution in [2.45, 2.75) is 108 Å². The molecule has 0 aromatic carbocycles. The number of nitrogens with zero attached hydrogens (tertiary/aromatic N) is 2. The third-order valence-electron chi connectivity index (χ3n) is 6.22. The van der Waals surface area contributed by atoms with Crippen molar-refractivity contribution < 1.29 is 4.57 Å². The summed E-state index contributed by atoms with van der Waals surface area (Å²) in [6.07, 6.45) is 26.2. The molecule has 0 unspecified atom stereocenters. The maximum Gasteiger partial charge on any atom is 0.243 e. The van der Waals surface area contributed by atoms with Crippen LogP contribution >= 0.6 is 7.92 Å². The fourth-order valence-electron chi connectivity index (χ4n) is 4.76. The predicted octanol–water partition coefficient (Wildman–Crippen LogP) is 5.72. The van der Waals surface area contributed by atoms with Crippen LogP contribution in [0.2, 0.25) is 0 Å². The van der Waals surface area contributed by atoms with Crippen LogP contribution in [0.4, 0.5) is 0 Å². The maximum atomic E-state index is 2.47. The molecule has 0 saturated heterocycles. The Bertz CT molecular complexity index is 440. The zero-order valence-corrected chi connectivity index (χ0v) is 16.7. The summed E-state index contributed by atoms with van der Waals surface area (Å²) >= 11 is 0. The van der Waals surface area contributed by atoms with Gasteiger partial charge in [-0.05, 0) is 43.4 Å². The molecule has 0 amide bonds. The Morgan fingerprint density at radius 2 is 1.58 bits per heavy atom. The lowest BCUT2D eigenvalue weighted by Crippen LogP contribution is -2.31. The van der Waals surface area contributed by atoms with Crippen molar-refractivity contribution in [1.29, 1.82) is 0 Å². The van der Waals surface area contributed by atoms with Crippen LogP contribution in [0.3, 0.4) is 0 Å². The molecule has 1 heterocycles. The lowest BCUT2D eigenvalue weighted by molar-refractivity contribution is -0.696. The quantitative estimate of drug-likeness (QED) is 0.419. The largest absolute Gasteiger partial charge is 0.243 e. The molecule has 2 fully saturated rings. The van der Waals surface area contributed by atoms with Crippen LogP contribution in [0, 0.1) is 0 Å². The lowest BCUT2D eigenvalue weighted by Gasteiger charge is -2.38. The molecule has 3 rings (SSSR count). The number of imidazole rings is 1. The molecule has 1 aromatic heterocycles. The molecule has 2 aliphatic carbocycles. The Balaban J connectivity index is 1.57. The van der Waals surface area contributed by atoms with Crippen LogP contribution in [0.25, 0.3) is 0 Å². The standard InChI is InChI=1S/C21H38N2P/c1-2-3-14-22-15-16-23(19-22)17-18-24(20-10-6-4-7-11-20)21-12-8-5-9-13-21/h15-16,19-21H,2-14,17-18H2,1H3/q+1. The second kappa shape index (κ2) is 9.95. The van der Waals surface area contributed by atoms with Crippen molar-refractivity contribution in [2.75, 3.05) is 6.16 Å². The van der Waals surface area contributed by atoms with Crippen molar-refractivity contribution in [3.05, 3.63) is 18.7 Å². The first-order valence-electron chi connectivity index (χ1n) is 10.7. The van der Waals surface area contributed by atoms with Crippen LogP contribution in [0.15, 0.2) is 18.7 Å². The molecule has 2 saturated carbocycles. The van der Waals surface area contributed by atoms with E-state index in [0.29, 0.717) is 0 Å². The van der Waals surface area contributed by atoms with Crippen LogP contribution in [0.5, 0.6) is 0 Å². The van der Waals surface area contributed by atoms with E-state index in [1.165, 1.54) is 70.6 Å². The number of rotatable bonds is 8. The normalized spacial score (nSPS) is 20.8. The Hall–Kier alpha value is -0.360. The molecular weight excluding hydrogens is 311 g/mol. The summed E-state index contributed by atoms with van der Waals surface area (Å²) in [5.74, 6) is 0. The summed E-state index contributed by atoms with van der Waals surface area (Å²) in [4.78, 5) is 0. The average molecular weight is 350 g/mol. The van der Waals surface area contributed by atoms with Crippen molar-refractivity contribution in [1.82, 2.24) is 4.57 Å². The van der Waals surface area contributed by atoms with E-state index in [1.807, 2.05) is 0 Å². The molecule has 0 aliphatic heterocycles. The van der Waals surface area contributed by atoms with E-state index in [-0.39, 0.29) is 7.92 Å².